The van der Waals surface area contributed by atoms with Crippen molar-refractivity contribution in [3.8, 4) is 0 Å². The van der Waals surface area contributed by atoms with E-state index in [0.29, 0.717) is 12.0 Å². The molecular formula is C13H20N2. The molecule has 1 aliphatic rings. The SMILES string of the molecule is CN[C@@H]1CCN(C)C[C@H]1c1ccccc1. The molecule has 0 spiro atoms. The van der Waals surface area contributed by atoms with Gasteiger partial charge in [-0.15, -0.1) is 0 Å². The molecule has 0 radical (unpaired) electrons. The van der Waals surface area contributed by atoms with E-state index in [-0.39, 0.29) is 0 Å². The minimum atomic E-state index is 0.628. The Hall–Kier alpha value is -0.860. The maximum Gasteiger partial charge on any atom is 0.0157 e. The zero-order valence-corrected chi connectivity index (χ0v) is 9.61. The van der Waals surface area contributed by atoms with Crippen LogP contribution in [0.25, 0.3) is 0 Å². The van der Waals surface area contributed by atoms with Crippen molar-refractivity contribution < 1.29 is 0 Å². The summed E-state index contributed by atoms with van der Waals surface area (Å²) in [6.45, 7) is 2.37. The molecule has 82 valence electrons. The lowest BCUT2D eigenvalue weighted by Gasteiger charge is -2.37. The van der Waals surface area contributed by atoms with Crippen molar-refractivity contribution in [2.24, 2.45) is 0 Å². The van der Waals surface area contributed by atoms with E-state index in [1.54, 1.807) is 0 Å². The molecule has 2 atom stereocenters. The second-order valence-electron chi connectivity index (χ2n) is 4.46. The topological polar surface area (TPSA) is 15.3 Å². The van der Waals surface area contributed by atoms with Crippen LogP contribution in [-0.2, 0) is 0 Å². The second kappa shape index (κ2) is 4.77. The van der Waals surface area contributed by atoms with Gasteiger partial charge in [0.15, 0.2) is 0 Å². The Morgan fingerprint density at radius 1 is 1.27 bits per heavy atom. The molecule has 0 saturated carbocycles. The standard InChI is InChI=1S/C13H20N2/c1-14-13-8-9-15(2)10-12(13)11-6-4-3-5-7-11/h3-7,12-14H,8-10H2,1-2H3/t12-,13+/m0/s1. The Morgan fingerprint density at radius 2 is 2.00 bits per heavy atom. The van der Waals surface area contributed by atoms with E-state index in [1.807, 2.05) is 0 Å². The summed E-state index contributed by atoms with van der Waals surface area (Å²) in [5.74, 6) is 0.634. The highest BCUT2D eigenvalue weighted by Gasteiger charge is 2.27. The van der Waals surface area contributed by atoms with Gasteiger partial charge in [-0.25, -0.2) is 0 Å². The largest absolute Gasteiger partial charge is 0.316 e. The van der Waals surface area contributed by atoms with Gasteiger partial charge in [0.2, 0.25) is 0 Å². The molecule has 2 nitrogen and oxygen atoms in total. The highest BCUT2D eigenvalue weighted by atomic mass is 15.1. The third-order valence-electron chi connectivity index (χ3n) is 3.41. The third kappa shape index (κ3) is 2.39. The molecule has 2 rings (SSSR count). The van der Waals surface area contributed by atoms with Crippen molar-refractivity contribution in [1.29, 1.82) is 0 Å². The van der Waals surface area contributed by atoms with Crippen LogP contribution >= 0.6 is 0 Å². The van der Waals surface area contributed by atoms with Gasteiger partial charge in [-0.2, -0.15) is 0 Å². The average molecular weight is 204 g/mol. The molecule has 1 fully saturated rings. The molecule has 0 bridgehead atoms. The number of hydrogen-bond donors (Lipinski definition) is 1. The van der Waals surface area contributed by atoms with Crippen LogP contribution in [0.5, 0.6) is 0 Å². The molecular weight excluding hydrogens is 184 g/mol. The van der Waals surface area contributed by atoms with Gasteiger partial charge in [0, 0.05) is 18.5 Å². The predicted molar refractivity (Wildman–Crippen MR) is 64.1 cm³/mol. The molecule has 1 aromatic rings. The van der Waals surface area contributed by atoms with Crippen LogP contribution in [0, 0.1) is 0 Å². The second-order valence-corrected chi connectivity index (χ2v) is 4.46. The molecule has 1 aromatic carbocycles. The van der Waals surface area contributed by atoms with Crippen LogP contribution in [0.3, 0.4) is 0 Å². The lowest BCUT2D eigenvalue weighted by Crippen LogP contribution is -2.45. The Balaban J connectivity index is 2.17. The number of benzene rings is 1. The van der Waals surface area contributed by atoms with Crippen molar-refractivity contribution in [2.75, 3.05) is 27.2 Å². The number of likely N-dealkylation sites (tertiary alicyclic amines) is 1. The highest BCUT2D eigenvalue weighted by Crippen LogP contribution is 2.26. The minimum Gasteiger partial charge on any atom is -0.316 e. The molecule has 0 unspecified atom stereocenters. The lowest BCUT2D eigenvalue weighted by molar-refractivity contribution is 0.212. The Morgan fingerprint density at radius 3 is 2.67 bits per heavy atom. The average Bonchev–Trinajstić information content (AvgIpc) is 2.30. The van der Waals surface area contributed by atoms with Crippen LogP contribution in [0.4, 0.5) is 0 Å². The Kier molecular flexibility index (Phi) is 3.39. The Labute approximate surface area is 92.3 Å². The maximum atomic E-state index is 3.45. The fourth-order valence-electron chi connectivity index (χ4n) is 2.50. The van der Waals surface area contributed by atoms with E-state index >= 15 is 0 Å². The van der Waals surface area contributed by atoms with E-state index in [9.17, 15) is 0 Å². The quantitative estimate of drug-likeness (QED) is 0.788. The van der Waals surface area contributed by atoms with Gasteiger partial charge < -0.3 is 10.2 Å². The maximum absolute atomic E-state index is 3.45. The summed E-state index contributed by atoms with van der Waals surface area (Å²) >= 11 is 0. The molecule has 0 aliphatic carbocycles. The first-order valence-electron chi connectivity index (χ1n) is 5.72. The van der Waals surface area contributed by atoms with E-state index in [2.05, 4.69) is 54.6 Å². The predicted octanol–water partition coefficient (Wildman–Crippen LogP) is 1.69. The van der Waals surface area contributed by atoms with Gasteiger partial charge >= 0.3 is 0 Å². The minimum absolute atomic E-state index is 0.628. The van der Waals surface area contributed by atoms with Gasteiger partial charge in [-0.1, -0.05) is 30.3 Å². The van der Waals surface area contributed by atoms with Gasteiger partial charge in [0.25, 0.3) is 0 Å². The number of rotatable bonds is 2. The van der Waals surface area contributed by atoms with E-state index < -0.39 is 0 Å². The number of likely N-dealkylation sites (N-methyl/N-ethyl adjacent to an activating group) is 2. The molecule has 1 N–H and O–H groups in total. The van der Waals surface area contributed by atoms with Crippen molar-refractivity contribution in [1.82, 2.24) is 10.2 Å². The van der Waals surface area contributed by atoms with Crippen molar-refractivity contribution in [3.05, 3.63) is 35.9 Å². The molecule has 15 heavy (non-hydrogen) atoms. The molecule has 2 heteroatoms. The smallest absolute Gasteiger partial charge is 0.0157 e. The van der Waals surface area contributed by atoms with E-state index in [0.717, 1.165) is 6.54 Å². The molecule has 1 heterocycles. The zero-order chi connectivity index (χ0) is 10.7. The molecule has 0 amide bonds. The van der Waals surface area contributed by atoms with Crippen molar-refractivity contribution in [2.45, 2.75) is 18.4 Å². The van der Waals surface area contributed by atoms with Crippen LogP contribution in [-0.4, -0.2) is 38.1 Å². The van der Waals surface area contributed by atoms with Crippen LogP contribution < -0.4 is 5.32 Å². The summed E-state index contributed by atoms with van der Waals surface area (Å²) in [6, 6.07) is 11.5. The monoisotopic (exact) mass is 204 g/mol. The fourth-order valence-corrected chi connectivity index (χ4v) is 2.50. The summed E-state index contributed by atoms with van der Waals surface area (Å²) in [5, 5.41) is 3.45. The van der Waals surface area contributed by atoms with Crippen LogP contribution in [0.1, 0.15) is 17.9 Å². The first-order chi connectivity index (χ1) is 7.31. The van der Waals surface area contributed by atoms with Gasteiger partial charge in [-0.05, 0) is 32.6 Å². The van der Waals surface area contributed by atoms with Gasteiger partial charge in [0.05, 0.1) is 0 Å². The van der Waals surface area contributed by atoms with Crippen LogP contribution in [0.15, 0.2) is 30.3 Å². The first kappa shape index (κ1) is 10.7. The summed E-state index contributed by atoms with van der Waals surface area (Å²) in [7, 11) is 4.29. The number of piperidine rings is 1. The number of nitrogens with one attached hydrogen (secondary N) is 1. The fraction of sp³-hybridized carbons (Fsp3) is 0.538. The summed E-state index contributed by atoms with van der Waals surface area (Å²) in [4.78, 5) is 2.42. The Bertz CT molecular complexity index is 297. The van der Waals surface area contributed by atoms with Gasteiger partial charge in [0.1, 0.15) is 0 Å². The van der Waals surface area contributed by atoms with Gasteiger partial charge in [-0.3, -0.25) is 0 Å². The van der Waals surface area contributed by atoms with Crippen molar-refractivity contribution in [3.63, 3.8) is 0 Å². The highest BCUT2D eigenvalue weighted by molar-refractivity contribution is 5.22. The molecule has 0 aromatic heterocycles. The third-order valence-corrected chi connectivity index (χ3v) is 3.41. The van der Waals surface area contributed by atoms with Crippen molar-refractivity contribution >= 4 is 0 Å². The summed E-state index contributed by atoms with van der Waals surface area (Å²) < 4.78 is 0. The lowest BCUT2D eigenvalue weighted by atomic mass is 9.86. The first-order valence-corrected chi connectivity index (χ1v) is 5.72. The number of nitrogens with zero attached hydrogens (tertiary/aromatic N) is 1. The van der Waals surface area contributed by atoms with E-state index in [4.69, 9.17) is 0 Å². The van der Waals surface area contributed by atoms with Crippen LogP contribution in [0.2, 0.25) is 0 Å². The molecule has 1 aliphatic heterocycles. The molecule has 1 saturated heterocycles. The number of hydrogen-bond acceptors (Lipinski definition) is 2. The van der Waals surface area contributed by atoms with E-state index in [1.165, 1.54) is 18.5 Å². The normalized spacial score (nSPS) is 27.9. The zero-order valence-electron chi connectivity index (χ0n) is 9.61. The summed E-state index contributed by atoms with van der Waals surface area (Å²) in [5.41, 5.74) is 1.46. The summed E-state index contributed by atoms with van der Waals surface area (Å²) in [6.07, 6.45) is 1.24.